The molecule has 1 aliphatic heterocycles. The van der Waals surface area contributed by atoms with Crippen LogP contribution in [0.4, 0.5) is 0 Å². The highest BCUT2D eigenvalue weighted by molar-refractivity contribution is 7.99. The zero-order chi connectivity index (χ0) is 20.6. The summed E-state index contributed by atoms with van der Waals surface area (Å²) in [6.45, 7) is 3.25. The number of benzene rings is 3. The molecule has 3 nitrogen and oxygen atoms in total. The predicted octanol–water partition coefficient (Wildman–Crippen LogP) is 6.08. The first-order chi connectivity index (χ1) is 14.8. The summed E-state index contributed by atoms with van der Waals surface area (Å²) >= 11 is 1.73. The van der Waals surface area contributed by atoms with Gasteiger partial charge in [0.2, 0.25) is 0 Å². The van der Waals surface area contributed by atoms with Crippen LogP contribution >= 0.6 is 11.8 Å². The second kappa shape index (κ2) is 10.8. The molecule has 1 heterocycles. The number of ether oxygens (including phenoxy) is 3. The first-order valence-electron chi connectivity index (χ1n) is 10.5. The van der Waals surface area contributed by atoms with Crippen molar-refractivity contribution < 1.29 is 14.2 Å². The molecule has 3 aromatic carbocycles. The molecular formula is C26H28O3S. The van der Waals surface area contributed by atoms with E-state index in [9.17, 15) is 0 Å². The van der Waals surface area contributed by atoms with Crippen LogP contribution < -0.4 is 0 Å². The number of rotatable bonds is 8. The standard InChI is InChI=1S/C26H28O3S/c1-20-24(27-18-21-11-5-2-6-12-21)17-25(28-19-22-13-7-3-8-14-22)26(29-20)30-23-15-9-4-10-16-23/h2-16,20,24-26H,17-19H2,1H3/t20-,24-,25-,26+/m0/s1. The van der Waals surface area contributed by atoms with Gasteiger partial charge in [0.05, 0.1) is 31.5 Å². The van der Waals surface area contributed by atoms with E-state index in [4.69, 9.17) is 14.2 Å². The maximum atomic E-state index is 6.41. The van der Waals surface area contributed by atoms with Crippen LogP contribution in [0.1, 0.15) is 24.5 Å². The molecule has 0 spiro atoms. The molecule has 0 aliphatic carbocycles. The molecule has 4 atom stereocenters. The fraction of sp³-hybridized carbons (Fsp3) is 0.308. The van der Waals surface area contributed by atoms with Crippen molar-refractivity contribution in [3.05, 3.63) is 102 Å². The molecule has 0 bridgehead atoms. The Bertz CT molecular complexity index is 873. The van der Waals surface area contributed by atoms with E-state index in [0.29, 0.717) is 13.2 Å². The van der Waals surface area contributed by atoms with Gasteiger partial charge in [0.25, 0.3) is 0 Å². The molecule has 0 N–H and O–H groups in total. The molecular weight excluding hydrogens is 392 g/mol. The number of hydrogen-bond donors (Lipinski definition) is 0. The minimum atomic E-state index is -0.0670. The SMILES string of the molecule is C[C@@H]1O[C@H](Sc2ccccc2)[C@@H](OCc2ccccc2)C[C@@H]1OCc1ccccc1. The van der Waals surface area contributed by atoms with Crippen molar-refractivity contribution in [2.24, 2.45) is 0 Å². The number of hydrogen-bond acceptors (Lipinski definition) is 4. The summed E-state index contributed by atoms with van der Waals surface area (Å²) in [5.41, 5.74) is 2.27. The van der Waals surface area contributed by atoms with Crippen molar-refractivity contribution in [1.82, 2.24) is 0 Å². The van der Waals surface area contributed by atoms with Gasteiger partial charge < -0.3 is 14.2 Å². The van der Waals surface area contributed by atoms with Crippen molar-refractivity contribution in [3.8, 4) is 0 Å². The summed E-state index contributed by atoms with van der Waals surface area (Å²) in [6, 6.07) is 30.9. The summed E-state index contributed by atoms with van der Waals surface area (Å²) < 4.78 is 19.0. The van der Waals surface area contributed by atoms with Gasteiger partial charge in [-0.25, -0.2) is 0 Å². The highest BCUT2D eigenvalue weighted by Gasteiger charge is 2.38. The Labute approximate surface area is 183 Å². The zero-order valence-electron chi connectivity index (χ0n) is 17.2. The molecule has 1 aliphatic rings. The molecule has 0 unspecified atom stereocenters. The van der Waals surface area contributed by atoms with Crippen LogP contribution in [0.3, 0.4) is 0 Å². The quantitative estimate of drug-likeness (QED) is 0.441. The van der Waals surface area contributed by atoms with Gasteiger partial charge in [-0.2, -0.15) is 0 Å². The van der Waals surface area contributed by atoms with Crippen LogP contribution in [0, 0.1) is 0 Å². The highest BCUT2D eigenvalue weighted by atomic mass is 32.2. The van der Waals surface area contributed by atoms with Gasteiger partial charge in [-0.1, -0.05) is 90.6 Å². The van der Waals surface area contributed by atoms with E-state index in [1.807, 2.05) is 42.5 Å². The smallest absolute Gasteiger partial charge is 0.134 e. The minimum absolute atomic E-state index is 0.00129. The largest absolute Gasteiger partial charge is 0.371 e. The van der Waals surface area contributed by atoms with Crippen LogP contribution in [0.15, 0.2) is 95.9 Å². The zero-order valence-corrected chi connectivity index (χ0v) is 18.0. The van der Waals surface area contributed by atoms with E-state index in [2.05, 4.69) is 55.5 Å². The molecule has 0 radical (unpaired) electrons. The van der Waals surface area contributed by atoms with Crippen LogP contribution in [0.5, 0.6) is 0 Å². The Balaban J connectivity index is 1.43. The van der Waals surface area contributed by atoms with Crippen LogP contribution in [-0.4, -0.2) is 23.7 Å². The molecule has 1 fully saturated rings. The van der Waals surface area contributed by atoms with Crippen LogP contribution in [0.25, 0.3) is 0 Å². The van der Waals surface area contributed by atoms with Gasteiger partial charge >= 0.3 is 0 Å². The fourth-order valence-electron chi connectivity index (χ4n) is 3.56. The second-order valence-corrected chi connectivity index (χ2v) is 8.72. The van der Waals surface area contributed by atoms with E-state index >= 15 is 0 Å². The average Bonchev–Trinajstić information content (AvgIpc) is 2.80. The van der Waals surface area contributed by atoms with E-state index in [-0.39, 0.29) is 23.7 Å². The highest BCUT2D eigenvalue weighted by Crippen LogP contribution is 2.36. The van der Waals surface area contributed by atoms with E-state index < -0.39 is 0 Å². The Hall–Kier alpha value is -2.11. The summed E-state index contributed by atoms with van der Waals surface area (Å²) in [4.78, 5) is 1.19. The first-order valence-corrected chi connectivity index (χ1v) is 11.3. The molecule has 4 rings (SSSR count). The molecule has 30 heavy (non-hydrogen) atoms. The normalized spacial score (nSPS) is 23.9. The molecule has 156 valence electrons. The van der Waals surface area contributed by atoms with Gasteiger partial charge in [0, 0.05) is 11.3 Å². The minimum Gasteiger partial charge on any atom is -0.371 e. The monoisotopic (exact) mass is 420 g/mol. The average molecular weight is 421 g/mol. The van der Waals surface area contributed by atoms with Gasteiger partial charge in [0.1, 0.15) is 5.44 Å². The molecule has 1 saturated heterocycles. The lowest BCUT2D eigenvalue weighted by Crippen LogP contribution is -2.46. The second-order valence-electron chi connectivity index (χ2n) is 7.55. The molecule has 0 saturated carbocycles. The van der Waals surface area contributed by atoms with Crippen molar-refractivity contribution in [3.63, 3.8) is 0 Å². The van der Waals surface area contributed by atoms with Crippen molar-refractivity contribution in [1.29, 1.82) is 0 Å². The van der Waals surface area contributed by atoms with E-state index in [0.717, 1.165) is 6.42 Å². The third-order valence-corrected chi connectivity index (χ3v) is 6.44. The van der Waals surface area contributed by atoms with Gasteiger partial charge in [-0.15, -0.1) is 0 Å². The summed E-state index contributed by atoms with van der Waals surface area (Å²) in [6.07, 6.45) is 0.767. The van der Waals surface area contributed by atoms with Gasteiger partial charge in [-0.05, 0) is 30.2 Å². The van der Waals surface area contributed by atoms with Crippen LogP contribution in [-0.2, 0) is 27.4 Å². The van der Waals surface area contributed by atoms with E-state index in [1.54, 1.807) is 11.8 Å². The maximum Gasteiger partial charge on any atom is 0.134 e. The lowest BCUT2D eigenvalue weighted by Gasteiger charge is -2.39. The van der Waals surface area contributed by atoms with Crippen molar-refractivity contribution in [2.75, 3.05) is 0 Å². The topological polar surface area (TPSA) is 27.7 Å². The third-order valence-electron chi connectivity index (χ3n) is 5.25. The molecule has 3 aromatic rings. The van der Waals surface area contributed by atoms with Crippen molar-refractivity contribution in [2.45, 2.75) is 55.2 Å². The summed E-state index contributed by atoms with van der Waals surface area (Å²) in [5, 5.41) is 0. The molecule has 0 amide bonds. The lowest BCUT2D eigenvalue weighted by molar-refractivity contribution is -0.171. The Morgan fingerprint density at radius 3 is 1.80 bits per heavy atom. The fourth-order valence-corrected chi connectivity index (χ4v) is 4.72. The molecule has 4 heteroatoms. The maximum absolute atomic E-state index is 6.41. The first kappa shape index (κ1) is 21.1. The Morgan fingerprint density at radius 2 is 1.23 bits per heavy atom. The van der Waals surface area contributed by atoms with Crippen LogP contribution in [0.2, 0.25) is 0 Å². The third kappa shape index (κ3) is 5.96. The van der Waals surface area contributed by atoms with E-state index in [1.165, 1.54) is 16.0 Å². The predicted molar refractivity (Wildman–Crippen MR) is 121 cm³/mol. The summed E-state index contributed by atoms with van der Waals surface area (Å²) in [5.74, 6) is 0. The number of thioether (sulfide) groups is 1. The van der Waals surface area contributed by atoms with Gasteiger partial charge in [0.15, 0.2) is 0 Å². The molecule has 0 aromatic heterocycles. The van der Waals surface area contributed by atoms with Gasteiger partial charge in [-0.3, -0.25) is 0 Å². The summed E-state index contributed by atoms with van der Waals surface area (Å²) in [7, 11) is 0. The van der Waals surface area contributed by atoms with Crippen molar-refractivity contribution >= 4 is 11.8 Å². The lowest BCUT2D eigenvalue weighted by atomic mass is 10.0. The Kier molecular flexibility index (Phi) is 7.59. The Morgan fingerprint density at radius 1 is 0.733 bits per heavy atom.